The highest BCUT2D eigenvalue weighted by molar-refractivity contribution is 7.14. The third-order valence-electron chi connectivity index (χ3n) is 4.31. The standard InChI is InChI=1S/C19H17N3O2S/c1-11-15-9-12(3-8-16(15)21-18(11)23)17-10-25-19(22-17)20-13-4-6-14(24-2)7-5-13/h3-11H,1-2H3,(H,20,22)(H,21,23)/t11-/m0/s1. The van der Waals surface area contributed by atoms with E-state index in [1.54, 1.807) is 18.4 Å². The zero-order valence-corrected chi connectivity index (χ0v) is 14.7. The summed E-state index contributed by atoms with van der Waals surface area (Å²) in [4.78, 5) is 16.4. The van der Waals surface area contributed by atoms with Crippen molar-refractivity contribution in [3.63, 3.8) is 0 Å². The zero-order valence-electron chi connectivity index (χ0n) is 13.9. The van der Waals surface area contributed by atoms with Crippen LogP contribution >= 0.6 is 11.3 Å². The number of hydrogen-bond donors (Lipinski definition) is 2. The maximum Gasteiger partial charge on any atom is 0.231 e. The van der Waals surface area contributed by atoms with Crippen molar-refractivity contribution in [2.24, 2.45) is 0 Å². The van der Waals surface area contributed by atoms with E-state index in [1.165, 1.54) is 0 Å². The van der Waals surface area contributed by atoms with E-state index in [1.807, 2.05) is 54.8 Å². The SMILES string of the molecule is COc1ccc(Nc2nc(-c3ccc4c(c3)[C@H](C)C(=O)N4)cs2)cc1. The van der Waals surface area contributed by atoms with Gasteiger partial charge >= 0.3 is 0 Å². The monoisotopic (exact) mass is 351 g/mol. The third-order valence-corrected chi connectivity index (χ3v) is 5.07. The van der Waals surface area contributed by atoms with Crippen molar-refractivity contribution >= 4 is 33.8 Å². The summed E-state index contributed by atoms with van der Waals surface area (Å²) >= 11 is 1.55. The molecule has 0 spiro atoms. The summed E-state index contributed by atoms with van der Waals surface area (Å²) in [5, 5.41) is 9.03. The smallest absolute Gasteiger partial charge is 0.231 e. The molecule has 2 N–H and O–H groups in total. The first-order valence-electron chi connectivity index (χ1n) is 7.96. The van der Waals surface area contributed by atoms with E-state index in [0.717, 1.165) is 39.1 Å². The number of carbonyl (C=O) groups excluding carboxylic acids is 1. The second-order valence-electron chi connectivity index (χ2n) is 5.90. The highest BCUT2D eigenvalue weighted by Crippen LogP contribution is 2.36. The molecular weight excluding hydrogens is 334 g/mol. The van der Waals surface area contributed by atoms with Crippen molar-refractivity contribution in [3.8, 4) is 17.0 Å². The predicted molar refractivity (Wildman–Crippen MR) is 101 cm³/mol. The Morgan fingerprint density at radius 2 is 2.00 bits per heavy atom. The molecule has 0 radical (unpaired) electrons. The van der Waals surface area contributed by atoms with Crippen LogP contribution in [0.4, 0.5) is 16.5 Å². The van der Waals surface area contributed by atoms with Crippen LogP contribution in [-0.2, 0) is 4.79 Å². The van der Waals surface area contributed by atoms with Crippen LogP contribution in [0.25, 0.3) is 11.3 Å². The van der Waals surface area contributed by atoms with Gasteiger partial charge in [-0.2, -0.15) is 0 Å². The van der Waals surface area contributed by atoms with Crippen LogP contribution in [0.2, 0.25) is 0 Å². The topological polar surface area (TPSA) is 63.2 Å². The van der Waals surface area contributed by atoms with Crippen LogP contribution in [-0.4, -0.2) is 18.0 Å². The number of benzene rings is 2. The molecule has 1 aliphatic rings. The fourth-order valence-corrected chi connectivity index (χ4v) is 3.58. The van der Waals surface area contributed by atoms with Gasteiger partial charge in [-0.1, -0.05) is 6.07 Å². The van der Waals surface area contributed by atoms with Crippen molar-refractivity contribution in [1.29, 1.82) is 0 Å². The number of fused-ring (bicyclic) bond motifs is 1. The second-order valence-corrected chi connectivity index (χ2v) is 6.76. The number of nitrogens with zero attached hydrogens (tertiary/aromatic N) is 1. The van der Waals surface area contributed by atoms with Crippen molar-refractivity contribution < 1.29 is 9.53 Å². The van der Waals surface area contributed by atoms with Gasteiger partial charge in [-0.25, -0.2) is 4.98 Å². The average molecular weight is 351 g/mol. The van der Waals surface area contributed by atoms with Crippen LogP contribution in [0.1, 0.15) is 18.4 Å². The number of anilines is 3. The van der Waals surface area contributed by atoms with Crippen LogP contribution in [0.5, 0.6) is 5.75 Å². The minimum atomic E-state index is -0.120. The lowest BCUT2D eigenvalue weighted by molar-refractivity contribution is -0.116. The number of carbonyl (C=O) groups is 1. The highest BCUT2D eigenvalue weighted by Gasteiger charge is 2.26. The van der Waals surface area contributed by atoms with E-state index in [4.69, 9.17) is 4.74 Å². The molecule has 25 heavy (non-hydrogen) atoms. The number of aromatic nitrogens is 1. The molecule has 0 saturated carbocycles. The van der Waals surface area contributed by atoms with Gasteiger partial charge in [-0.15, -0.1) is 11.3 Å². The highest BCUT2D eigenvalue weighted by atomic mass is 32.1. The van der Waals surface area contributed by atoms with Crippen molar-refractivity contribution in [2.75, 3.05) is 17.7 Å². The van der Waals surface area contributed by atoms with Gasteiger partial charge in [0.1, 0.15) is 5.75 Å². The van der Waals surface area contributed by atoms with E-state index >= 15 is 0 Å². The van der Waals surface area contributed by atoms with Gasteiger partial charge in [-0.3, -0.25) is 4.79 Å². The average Bonchev–Trinajstić information content (AvgIpc) is 3.21. The Kier molecular flexibility index (Phi) is 3.89. The van der Waals surface area contributed by atoms with Gasteiger partial charge in [0.2, 0.25) is 5.91 Å². The Balaban J connectivity index is 1.56. The molecule has 4 rings (SSSR count). The summed E-state index contributed by atoms with van der Waals surface area (Å²) in [5.74, 6) is 0.749. The molecule has 0 saturated heterocycles. The number of amides is 1. The van der Waals surface area contributed by atoms with Gasteiger partial charge in [-0.05, 0) is 48.9 Å². The van der Waals surface area contributed by atoms with E-state index in [2.05, 4.69) is 15.6 Å². The summed E-state index contributed by atoms with van der Waals surface area (Å²) in [6.45, 7) is 1.92. The Morgan fingerprint density at radius 3 is 2.76 bits per heavy atom. The van der Waals surface area contributed by atoms with Crippen molar-refractivity contribution in [1.82, 2.24) is 4.98 Å². The maximum atomic E-state index is 11.8. The van der Waals surface area contributed by atoms with E-state index in [-0.39, 0.29) is 11.8 Å². The fourth-order valence-electron chi connectivity index (χ4n) is 2.84. The number of thiazole rings is 1. The second kappa shape index (κ2) is 6.22. The van der Waals surface area contributed by atoms with Gasteiger partial charge in [0.25, 0.3) is 0 Å². The summed E-state index contributed by atoms with van der Waals surface area (Å²) < 4.78 is 5.16. The van der Waals surface area contributed by atoms with Gasteiger partial charge < -0.3 is 15.4 Å². The first-order chi connectivity index (χ1) is 12.1. The van der Waals surface area contributed by atoms with Crippen LogP contribution < -0.4 is 15.4 Å². The maximum absolute atomic E-state index is 11.8. The Hall–Kier alpha value is -2.86. The number of hydrogen-bond acceptors (Lipinski definition) is 5. The normalized spacial score (nSPS) is 15.6. The van der Waals surface area contributed by atoms with Crippen LogP contribution in [0.15, 0.2) is 47.8 Å². The quantitative estimate of drug-likeness (QED) is 0.720. The molecule has 0 unspecified atom stereocenters. The van der Waals surface area contributed by atoms with Crippen LogP contribution in [0, 0.1) is 0 Å². The molecule has 0 bridgehead atoms. The lowest BCUT2D eigenvalue weighted by Crippen LogP contribution is -2.08. The lowest BCUT2D eigenvalue weighted by atomic mass is 10.00. The molecule has 3 aromatic rings. The summed E-state index contributed by atoms with van der Waals surface area (Å²) in [5.41, 5.74) is 4.80. The fraction of sp³-hybridized carbons (Fsp3) is 0.158. The molecular formula is C19H17N3O2S. The summed E-state index contributed by atoms with van der Waals surface area (Å²) in [7, 11) is 1.65. The number of methoxy groups -OCH3 is 1. The van der Waals surface area contributed by atoms with Crippen molar-refractivity contribution in [3.05, 3.63) is 53.4 Å². The van der Waals surface area contributed by atoms with Crippen LogP contribution in [0.3, 0.4) is 0 Å². The summed E-state index contributed by atoms with van der Waals surface area (Å²) in [6, 6.07) is 13.7. The molecule has 2 aromatic carbocycles. The number of ether oxygens (including phenoxy) is 1. The van der Waals surface area contributed by atoms with E-state index in [0.29, 0.717) is 0 Å². The minimum absolute atomic E-state index is 0.0484. The van der Waals surface area contributed by atoms with Gasteiger partial charge in [0.05, 0.1) is 18.7 Å². The Bertz CT molecular complexity index is 934. The third kappa shape index (κ3) is 2.96. The van der Waals surface area contributed by atoms with Gasteiger partial charge in [0.15, 0.2) is 5.13 Å². The molecule has 126 valence electrons. The van der Waals surface area contributed by atoms with E-state index < -0.39 is 0 Å². The molecule has 5 nitrogen and oxygen atoms in total. The molecule has 2 heterocycles. The molecule has 0 fully saturated rings. The molecule has 1 aromatic heterocycles. The molecule has 6 heteroatoms. The Labute approximate surface area is 149 Å². The first kappa shape index (κ1) is 15.7. The molecule has 1 aliphatic heterocycles. The van der Waals surface area contributed by atoms with E-state index in [9.17, 15) is 4.79 Å². The lowest BCUT2D eigenvalue weighted by Gasteiger charge is -2.05. The molecule has 1 amide bonds. The predicted octanol–water partition coefficient (Wildman–Crippen LogP) is 4.62. The number of nitrogens with one attached hydrogen (secondary N) is 2. The van der Waals surface area contributed by atoms with Gasteiger partial charge in [0, 0.05) is 22.3 Å². The first-order valence-corrected chi connectivity index (χ1v) is 8.84. The largest absolute Gasteiger partial charge is 0.497 e. The minimum Gasteiger partial charge on any atom is -0.497 e. The Morgan fingerprint density at radius 1 is 1.20 bits per heavy atom. The zero-order chi connectivity index (χ0) is 17.4. The molecule has 1 atom stereocenters. The number of rotatable bonds is 4. The summed E-state index contributed by atoms with van der Waals surface area (Å²) in [6.07, 6.45) is 0. The van der Waals surface area contributed by atoms with Crippen molar-refractivity contribution in [2.45, 2.75) is 12.8 Å². The molecule has 0 aliphatic carbocycles.